The smallest absolute Gasteiger partial charge is 0.255 e. The molecular weight excluding hydrogens is 337 g/mol. The first-order valence-electron chi connectivity index (χ1n) is 8.25. The molecule has 0 N–H and O–H groups in total. The normalized spacial score (nSPS) is 13.3. The number of amides is 1. The fourth-order valence-electron chi connectivity index (χ4n) is 2.83. The molecule has 1 aromatic carbocycles. The standard InChI is InChI=1S/C19H16FN3O3/c20-17-7-6-13(10-21-17)19(24)23-9-8-15-16(11-23)26-18(22-15)12-25-14-4-2-1-3-5-14/h1-7,10H,8-9,11-12H2. The zero-order valence-corrected chi connectivity index (χ0v) is 13.9. The van der Waals surface area contributed by atoms with Crippen LogP contribution in [0.3, 0.4) is 0 Å². The first-order valence-corrected chi connectivity index (χ1v) is 8.25. The SMILES string of the molecule is O=C(c1ccc(F)nc1)N1CCc2nc(COc3ccccc3)oc2C1. The molecule has 3 aromatic rings. The Morgan fingerprint density at radius 2 is 2.08 bits per heavy atom. The largest absolute Gasteiger partial charge is 0.484 e. The fourth-order valence-corrected chi connectivity index (χ4v) is 2.83. The van der Waals surface area contributed by atoms with Crippen LogP contribution in [0.4, 0.5) is 4.39 Å². The quantitative estimate of drug-likeness (QED) is 0.675. The molecule has 0 spiro atoms. The first kappa shape index (κ1) is 16.3. The topological polar surface area (TPSA) is 68.5 Å². The summed E-state index contributed by atoms with van der Waals surface area (Å²) in [6.07, 6.45) is 1.84. The first-order chi connectivity index (χ1) is 12.7. The summed E-state index contributed by atoms with van der Waals surface area (Å²) < 4.78 is 24.3. The summed E-state index contributed by atoms with van der Waals surface area (Å²) in [5.74, 6) is 1.06. The molecule has 0 saturated carbocycles. The molecule has 132 valence electrons. The molecule has 26 heavy (non-hydrogen) atoms. The van der Waals surface area contributed by atoms with Gasteiger partial charge < -0.3 is 14.1 Å². The number of carbonyl (C=O) groups excluding carboxylic acids is 1. The molecule has 3 heterocycles. The van der Waals surface area contributed by atoms with Crippen molar-refractivity contribution in [1.29, 1.82) is 0 Å². The number of fused-ring (bicyclic) bond motifs is 1. The number of aromatic nitrogens is 2. The lowest BCUT2D eigenvalue weighted by atomic mass is 10.1. The summed E-state index contributed by atoms with van der Waals surface area (Å²) in [4.78, 5) is 22.1. The van der Waals surface area contributed by atoms with Gasteiger partial charge in [0.1, 0.15) is 11.5 Å². The summed E-state index contributed by atoms with van der Waals surface area (Å²) >= 11 is 0. The van der Waals surface area contributed by atoms with Crippen molar-refractivity contribution in [3.63, 3.8) is 0 Å². The average molecular weight is 353 g/mol. The van der Waals surface area contributed by atoms with E-state index in [2.05, 4.69) is 9.97 Å². The molecule has 0 fully saturated rings. The number of hydrogen-bond acceptors (Lipinski definition) is 5. The van der Waals surface area contributed by atoms with Crippen LogP contribution in [0.25, 0.3) is 0 Å². The minimum Gasteiger partial charge on any atom is -0.484 e. The summed E-state index contributed by atoms with van der Waals surface area (Å²) in [5, 5.41) is 0. The number of oxazole rings is 1. The van der Waals surface area contributed by atoms with Crippen molar-refractivity contribution in [3.8, 4) is 5.75 Å². The Morgan fingerprint density at radius 1 is 1.23 bits per heavy atom. The highest BCUT2D eigenvalue weighted by molar-refractivity contribution is 5.93. The second-order valence-corrected chi connectivity index (χ2v) is 5.93. The molecule has 1 aliphatic rings. The van der Waals surface area contributed by atoms with Crippen LogP contribution < -0.4 is 4.74 Å². The number of rotatable bonds is 4. The van der Waals surface area contributed by atoms with E-state index in [9.17, 15) is 9.18 Å². The predicted octanol–water partition coefficient (Wildman–Crippen LogP) is 2.99. The van der Waals surface area contributed by atoms with Crippen molar-refractivity contribution in [2.45, 2.75) is 19.6 Å². The van der Waals surface area contributed by atoms with Gasteiger partial charge in [0.25, 0.3) is 5.91 Å². The third kappa shape index (κ3) is 3.42. The number of ether oxygens (including phenoxy) is 1. The third-order valence-electron chi connectivity index (χ3n) is 4.14. The van der Waals surface area contributed by atoms with Crippen molar-refractivity contribution in [3.05, 3.63) is 77.5 Å². The molecule has 0 radical (unpaired) electrons. The number of benzene rings is 1. The van der Waals surface area contributed by atoms with Crippen LogP contribution in [0.2, 0.25) is 0 Å². The molecule has 0 atom stereocenters. The van der Waals surface area contributed by atoms with Crippen LogP contribution in [0, 0.1) is 5.95 Å². The van der Waals surface area contributed by atoms with E-state index < -0.39 is 5.95 Å². The highest BCUT2D eigenvalue weighted by Crippen LogP contribution is 2.22. The maximum Gasteiger partial charge on any atom is 0.255 e. The van der Waals surface area contributed by atoms with Crippen molar-refractivity contribution in [2.24, 2.45) is 0 Å². The Labute approximate surface area is 149 Å². The summed E-state index contributed by atoms with van der Waals surface area (Å²) in [6, 6.07) is 12.0. The highest BCUT2D eigenvalue weighted by Gasteiger charge is 2.26. The van der Waals surface area contributed by atoms with E-state index in [0.29, 0.717) is 36.7 Å². The number of nitrogens with zero attached hydrogens (tertiary/aromatic N) is 3. The van der Waals surface area contributed by atoms with Gasteiger partial charge in [-0.05, 0) is 24.3 Å². The van der Waals surface area contributed by atoms with E-state index in [-0.39, 0.29) is 12.5 Å². The summed E-state index contributed by atoms with van der Waals surface area (Å²) in [6.45, 7) is 1.07. The average Bonchev–Trinajstić information content (AvgIpc) is 3.09. The second kappa shape index (κ2) is 6.95. The van der Waals surface area contributed by atoms with E-state index in [4.69, 9.17) is 9.15 Å². The van der Waals surface area contributed by atoms with Crippen molar-refractivity contribution < 1.29 is 18.3 Å². The van der Waals surface area contributed by atoms with Gasteiger partial charge in [0.05, 0.1) is 17.8 Å². The number of hydrogen-bond donors (Lipinski definition) is 0. The Balaban J connectivity index is 1.43. The zero-order chi connectivity index (χ0) is 17.9. The summed E-state index contributed by atoms with van der Waals surface area (Å²) in [7, 11) is 0. The van der Waals surface area contributed by atoms with Gasteiger partial charge in [0.2, 0.25) is 11.8 Å². The number of pyridine rings is 1. The molecule has 4 rings (SSSR count). The lowest BCUT2D eigenvalue weighted by molar-refractivity contribution is 0.0717. The van der Waals surface area contributed by atoms with E-state index in [1.165, 1.54) is 18.3 Å². The van der Waals surface area contributed by atoms with Gasteiger partial charge in [-0.1, -0.05) is 18.2 Å². The molecule has 0 saturated heterocycles. The zero-order valence-electron chi connectivity index (χ0n) is 13.9. The summed E-state index contributed by atoms with van der Waals surface area (Å²) in [5.41, 5.74) is 1.19. The maximum atomic E-state index is 12.9. The Bertz CT molecular complexity index is 910. The van der Waals surface area contributed by atoms with Gasteiger partial charge in [0.15, 0.2) is 6.61 Å². The van der Waals surface area contributed by atoms with Crippen molar-refractivity contribution >= 4 is 5.91 Å². The number of halogens is 1. The van der Waals surface area contributed by atoms with Crippen molar-refractivity contribution in [2.75, 3.05) is 6.54 Å². The highest BCUT2D eigenvalue weighted by atomic mass is 19.1. The van der Waals surface area contributed by atoms with E-state index in [1.54, 1.807) is 4.90 Å². The van der Waals surface area contributed by atoms with Gasteiger partial charge in [-0.3, -0.25) is 4.79 Å². The molecule has 2 aromatic heterocycles. The minimum atomic E-state index is -0.610. The van der Waals surface area contributed by atoms with Crippen LogP contribution in [0.1, 0.15) is 27.7 Å². The van der Waals surface area contributed by atoms with E-state index in [1.807, 2.05) is 30.3 Å². The van der Waals surface area contributed by atoms with Crippen molar-refractivity contribution in [1.82, 2.24) is 14.9 Å². The molecule has 1 amide bonds. The minimum absolute atomic E-state index is 0.207. The molecule has 1 aliphatic heterocycles. The Hall–Kier alpha value is -3.22. The Kier molecular flexibility index (Phi) is 4.35. The number of carbonyl (C=O) groups is 1. The molecule has 0 bridgehead atoms. The fraction of sp³-hybridized carbons (Fsp3) is 0.211. The molecule has 0 unspecified atom stereocenters. The molecule has 0 aliphatic carbocycles. The van der Waals surface area contributed by atoms with Gasteiger partial charge in [-0.2, -0.15) is 4.39 Å². The molecule has 7 heteroatoms. The van der Waals surface area contributed by atoms with Crippen LogP contribution in [-0.2, 0) is 19.6 Å². The van der Waals surface area contributed by atoms with Gasteiger partial charge in [-0.15, -0.1) is 0 Å². The van der Waals surface area contributed by atoms with Crippen LogP contribution in [-0.4, -0.2) is 27.3 Å². The lowest BCUT2D eigenvalue weighted by Crippen LogP contribution is -2.35. The third-order valence-corrected chi connectivity index (χ3v) is 4.14. The van der Waals surface area contributed by atoms with Gasteiger partial charge >= 0.3 is 0 Å². The monoisotopic (exact) mass is 353 g/mol. The second-order valence-electron chi connectivity index (χ2n) is 5.93. The van der Waals surface area contributed by atoms with E-state index in [0.717, 1.165) is 11.4 Å². The van der Waals surface area contributed by atoms with Crippen LogP contribution in [0.5, 0.6) is 5.75 Å². The van der Waals surface area contributed by atoms with Crippen LogP contribution >= 0.6 is 0 Å². The number of para-hydroxylation sites is 1. The van der Waals surface area contributed by atoms with Crippen LogP contribution in [0.15, 0.2) is 53.1 Å². The lowest BCUT2D eigenvalue weighted by Gasteiger charge is -2.25. The predicted molar refractivity (Wildman–Crippen MR) is 89.9 cm³/mol. The van der Waals surface area contributed by atoms with E-state index >= 15 is 0 Å². The maximum absolute atomic E-state index is 12.9. The van der Waals surface area contributed by atoms with Gasteiger partial charge in [-0.25, -0.2) is 9.97 Å². The Morgan fingerprint density at radius 3 is 2.85 bits per heavy atom. The molecule has 6 nitrogen and oxygen atoms in total. The molecular formula is C19H16FN3O3. The van der Waals surface area contributed by atoms with Gasteiger partial charge in [0, 0.05) is 19.2 Å².